The second-order valence-corrected chi connectivity index (χ2v) is 9.16. The van der Waals surface area contributed by atoms with Gasteiger partial charge in [-0.05, 0) is 42.8 Å². The minimum Gasteiger partial charge on any atom is -1.00 e. The van der Waals surface area contributed by atoms with Crippen LogP contribution in [-0.2, 0) is 0 Å². The Kier molecular flexibility index (Phi) is 6.57. The molecule has 0 spiro atoms. The lowest BCUT2D eigenvalue weighted by Gasteiger charge is -2.27. The maximum absolute atomic E-state index is 2.31. The minimum atomic E-state index is -1.55. The molecule has 0 amide bonds. The molecule has 3 aromatic rings. The molecule has 0 nitrogen and oxygen atoms in total. The number of rotatable bonds is 5. The van der Waals surface area contributed by atoms with Gasteiger partial charge in [0.2, 0.25) is 0 Å². The lowest BCUT2D eigenvalue weighted by atomic mass is 10.6. The van der Waals surface area contributed by atoms with Crippen LogP contribution in [0.4, 0.5) is 0 Å². The molecule has 0 heterocycles. The van der Waals surface area contributed by atoms with Crippen LogP contribution in [0.15, 0.2) is 91.0 Å². The van der Waals surface area contributed by atoms with E-state index in [0.717, 1.165) is 0 Å². The summed E-state index contributed by atoms with van der Waals surface area (Å²) in [5, 5.41) is 4.44. The van der Waals surface area contributed by atoms with Gasteiger partial charge in [0.15, 0.2) is 0 Å². The molecule has 0 fully saturated rings. The predicted octanol–water partition coefficient (Wildman–Crippen LogP) is 1.39. The fraction of sp³-hybridized carbons (Fsp3) is 0.143. The van der Waals surface area contributed by atoms with Gasteiger partial charge in [-0.1, -0.05) is 61.5 Å². The van der Waals surface area contributed by atoms with Crippen LogP contribution >= 0.6 is 7.26 Å². The van der Waals surface area contributed by atoms with Crippen molar-refractivity contribution >= 4 is 23.2 Å². The fourth-order valence-corrected chi connectivity index (χ4v) is 7.60. The molecule has 23 heavy (non-hydrogen) atoms. The molecule has 2 heteroatoms. The molecule has 0 bridgehead atoms. The van der Waals surface area contributed by atoms with Crippen LogP contribution in [0.2, 0.25) is 0 Å². The first-order chi connectivity index (χ1) is 10.9. The molecule has 0 N–H and O–H groups in total. The highest BCUT2D eigenvalue weighted by atomic mass is 79.9. The van der Waals surface area contributed by atoms with Gasteiger partial charge in [-0.15, -0.1) is 0 Å². The van der Waals surface area contributed by atoms with Crippen molar-refractivity contribution in [2.75, 3.05) is 6.16 Å². The summed E-state index contributed by atoms with van der Waals surface area (Å²) >= 11 is 0. The van der Waals surface area contributed by atoms with E-state index in [-0.39, 0.29) is 17.0 Å². The second-order valence-electron chi connectivity index (χ2n) is 5.54. The molecule has 3 aromatic carbocycles. The summed E-state index contributed by atoms with van der Waals surface area (Å²) in [6.45, 7) is 2.30. The average molecular weight is 394 g/mol. The van der Waals surface area contributed by atoms with Gasteiger partial charge in [0.1, 0.15) is 23.2 Å². The Bertz CT molecular complexity index is 599. The summed E-state index contributed by atoms with van der Waals surface area (Å²) in [5.41, 5.74) is 0. The van der Waals surface area contributed by atoms with Gasteiger partial charge in [0, 0.05) is 0 Å². The first kappa shape index (κ1) is 17.9. The Morgan fingerprint density at radius 3 is 1.13 bits per heavy atom. The van der Waals surface area contributed by atoms with Crippen molar-refractivity contribution in [1.29, 1.82) is 0 Å². The van der Waals surface area contributed by atoms with Gasteiger partial charge in [-0.3, -0.25) is 0 Å². The fourth-order valence-electron chi connectivity index (χ4n) is 3.22. The van der Waals surface area contributed by atoms with Gasteiger partial charge >= 0.3 is 0 Å². The third-order valence-electron chi connectivity index (χ3n) is 4.15. The monoisotopic (exact) mass is 393 g/mol. The van der Waals surface area contributed by atoms with Crippen molar-refractivity contribution < 1.29 is 17.0 Å². The van der Waals surface area contributed by atoms with E-state index in [4.69, 9.17) is 0 Å². The van der Waals surface area contributed by atoms with E-state index in [0.29, 0.717) is 0 Å². The molecular weight excluding hydrogens is 372 g/mol. The van der Waals surface area contributed by atoms with Crippen LogP contribution in [0.3, 0.4) is 0 Å². The Balaban J connectivity index is 0.00000192. The highest BCUT2D eigenvalue weighted by molar-refractivity contribution is 7.95. The predicted molar refractivity (Wildman–Crippen MR) is 100 cm³/mol. The smallest absolute Gasteiger partial charge is 0.112 e. The first-order valence-corrected chi connectivity index (χ1v) is 9.90. The van der Waals surface area contributed by atoms with Crippen molar-refractivity contribution in [2.45, 2.75) is 13.3 Å². The molecule has 0 aliphatic rings. The lowest BCUT2D eigenvalue weighted by molar-refractivity contribution is -0.00000433. The number of hydrogen-bond donors (Lipinski definition) is 0. The Labute approximate surface area is 150 Å². The van der Waals surface area contributed by atoms with Crippen LogP contribution in [0.1, 0.15) is 13.3 Å². The SMILES string of the molecule is CCC[P+]([13c]1ccc[13cH][13cH]1)([13c]1ccc[13cH][13cH]1)[13c]1ccc[13cH][13cH]1.[Br-]. The summed E-state index contributed by atoms with van der Waals surface area (Å²) in [6, 6.07) is 33.2. The summed E-state index contributed by atoms with van der Waals surface area (Å²) < 4.78 is 0. The Hall–Kier alpha value is -1.43. The lowest BCUT2D eigenvalue weighted by Crippen LogP contribution is -3.00. The summed E-state index contributed by atoms with van der Waals surface area (Å²) in [4.78, 5) is 0. The van der Waals surface area contributed by atoms with Crippen LogP contribution in [0.25, 0.3) is 0 Å². The molecular formula is C21H22BrP. The third-order valence-corrected chi connectivity index (χ3v) is 8.81. The van der Waals surface area contributed by atoms with Crippen molar-refractivity contribution in [2.24, 2.45) is 0 Å². The topological polar surface area (TPSA) is 0 Å². The maximum Gasteiger partial charge on any atom is 0.112 e. The molecule has 0 atom stereocenters. The summed E-state index contributed by atoms with van der Waals surface area (Å²) in [7, 11) is -1.55. The average Bonchev–Trinajstić information content (AvgIpc) is 2.62. The highest BCUT2D eigenvalue weighted by Gasteiger charge is 2.43. The van der Waals surface area contributed by atoms with E-state index in [1.165, 1.54) is 28.5 Å². The molecule has 3 rings (SSSR count). The van der Waals surface area contributed by atoms with Gasteiger partial charge in [-0.2, -0.15) is 0 Å². The van der Waals surface area contributed by atoms with Gasteiger partial charge in [0.05, 0.1) is 6.16 Å². The summed E-state index contributed by atoms with van der Waals surface area (Å²) in [5.74, 6) is 0. The first-order valence-electron chi connectivity index (χ1n) is 7.93. The molecule has 0 aliphatic heterocycles. The van der Waals surface area contributed by atoms with Crippen molar-refractivity contribution in [3.8, 4) is 0 Å². The van der Waals surface area contributed by atoms with E-state index in [9.17, 15) is 0 Å². The van der Waals surface area contributed by atoms with Gasteiger partial charge in [-0.25, -0.2) is 0 Å². The zero-order valence-corrected chi connectivity index (χ0v) is 15.9. The number of hydrogen-bond acceptors (Lipinski definition) is 0. The zero-order chi connectivity index (χ0) is 15.3. The van der Waals surface area contributed by atoms with E-state index >= 15 is 0 Å². The molecule has 0 aromatic heterocycles. The third kappa shape index (κ3) is 3.57. The Morgan fingerprint density at radius 2 is 0.870 bits per heavy atom. The van der Waals surface area contributed by atoms with Crippen LogP contribution in [0.5, 0.6) is 0 Å². The minimum absolute atomic E-state index is 0. The van der Waals surface area contributed by atoms with Gasteiger partial charge < -0.3 is 17.0 Å². The quantitative estimate of drug-likeness (QED) is 0.574. The van der Waals surface area contributed by atoms with Crippen molar-refractivity contribution in [3.63, 3.8) is 0 Å². The van der Waals surface area contributed by atoms with E-state index < -0.39 is 7.26 Å². The van der Waals surface area contributed by atoms with Crippen LogP contribution in [0, 0.1) is 0 Å². The largest absolute Gasteiger partial charge is 1.00 e. The number of benzene rings is 3. The maximum atomic E-state index is 2.31. The second kappa shape index (κ2) is 8.43. The molecule has 0 saturated heterocycles. The van der Waals surface area contributed by atoms with Crippen molar-refractivity contribution in [3.05, 3.63) is 91.0 Å². The molecule has 0 saturated carbocycles. The zero-order valence-electron chi connectivity index (χ0n) is 13.4. The van der Waals surface area contributed by atoms with Crippen LogP contribution in [-0.4, -0.2) is 6.16 Å². The molecule has 0 aliphatic carbocycles. The summed E-state index contributed by atoms with van der Waals surface area (Å²) in [6.07, 6.45) is 2.40. The van der Waals surface area contributed by atoms with E-state index in [1.807, 2.05) is 0 Å². The standard InChI is InChI=1S/C21H22P.BrH/c1-2-18-22(19-12-6-3-7-13-19,20-14-8-4-9-15-20)21-16-10-5-11-17-21;/h3-17H,2,18H2,1H3;1H/q+1;/p-1/i6+1,8+1,10+1,12+1,14+1,16+1,19+1,20+1,21+1;. The molecule has 0 unspecified atom stereocenters. The normalized spacial score (nSPS) is 10.8. The van der Waals surface area contributed by atoms with Crippen molar-refractivity contribution in [1.82, 2.24) is 0 Å². The highest BCUT2D eigenvalue weighted by Crippen LogP contribution is 2.55. The Morgan fingerprint density at radius 1 is 0.565 bits per heavy atom. The van der Waals surface area contributed by atoms with Crippen LogP contribution < -0.4 is 32.9 Å². The van der Waals surface area contributed by atoms with E-state index in [2.05, 4.69) is 97.9 Å². The number of halogens is 1. The molecule has 0 radical (unpaired) electrons. The van der Waals surface area contributed by atoms with E-state index in [1.54, 1.807) is 0 Å². The van der Waals surface area contributed by atoms with Gasteiger partial charge in [0.25, 0.3) is 0 Å². The molecule has 118 valence electrons.